The molecule has 1 saturated heterocycles. The van der Waals surface area contributed by atoms with E-state index in [1.54, 1.807) is 24.0 Å². The van der Waals surface area contributed by atoms with Crippen LogP contribution in [0, 0.1) is 11.3 Å². The molecule has 4 atom stereocenters. The second-order valence-corrected chi connectivity index (χ2v) is 14.3. The SMILES string of the molecule is CCNC(=O)[C@H](NC(=O)C1(c2ccc3nc([C@@H](NC(=O)c4ccnn4C)[C@H]4c5ccccc5CC45CC5)[nH]c3c2)CCOC1)C1CCC1. The summed E-state index contributed by atoms with van der Waals surface area (Å²) in [6, 6.07) is 15.2. The summed E-state index contributed by atoms with van der Waals surface area (Å²) < 4.78 is 7.45. The predicted molar refractivity (Wildman–Crippen MR) is 179 cm³/mol. The van der Waals surface area contributed by atoms with Crippen LogP contribution in [0.15, 0.2) is 54.7 Å². The molecular formula is C37H43N7O4. The topological polar surface area (TPSA) is 143 Å². The minimum absolute atomic E-state index is 0.0592. The Morgan fingerprint density at radius 1 is 1.08 bits per heavy atom. The Bertz CT molecular complexity index is 1880. The quantitative estimate of drug-likeness (QED) is 0.205. The molecule has 2 saturated carbocycles. The smallest absolute Gasteiger partial charge is 0.270 e. The summed E-state index contributed by atoms with van der Waals surface area (Å²) in [4.78, 5) is 49.5. The van der Waals surface area contributed by atoms with Crippen LogP contribution < -0.4 is 16.0 Å². The van der Waals surface area contributed by atoms with Gasteiger partial charge in [-0.05, 0) is 91.7 Å². The number of hydrogen-bond acceptors (Lipinski definition) is 6. The van der Waals surface area contributed by atoms with Gasteiger partial charge in [0.05, 0.1) is 29.1 Å². The first kappa shape index (κ1) is 30.8. The third kappa shape index (κ3) is 5.10. The molecule has 1 aliphatic heterocycles. The summed E-state index contributed by atoms with van der Waals surface area (Å²) in [6.07, 6.45) is 8.27. The predicted octanol–water partition coefficient (Wildman–Crippen LogP) is 3.97. The Labute approximate surface area is 279 Å². The third-order valence-corrected chi connectivity index (χ3v) is 11.5. The maximum Gasteiger partial charge on any atom is 0.270 e. The van der Waals surface area contributed by atoms with Crippen LogP contribution in [0.3, 0.4) is 0 Å². The number of aromatic nitrogens is 4. The van der Waals surface area contributed by atoms with E-state index in [2.05, 4.69) is 50.3 Å². The van der Waals surface area contributed by atoms with E-state index >= 15 is 0 Å². The first-order chi connectivity index (χ1) is 23.3. The van der Waals surface area contributed by atoms with Gasteiger partial charge in [0.2, 0.25) is 11.8 Å². The molecule has 8 rings (SSSR count). The maximum absolute atomic E-state index is 14.2. The number of benzene rings is 2. The van der Waals surface area contributed by atoms with Crippen molar-refractivity contribution in [3.8, 4) is 0 Å². The molecule has 4 aliphatic rings. The number of H-pyrrole nitrogens is 1. The lowest BCUT2D eigenvalue weighted by Gasteiger charge is -2.36. The van der Waals surface area contributed by atoms with Crippen molar-refractivity contribution >= 4 is 28.8 Å². The van der Waals surface area contributed by atoms with Gasteiger partial charge < -0.3 is 25.7 Å². The number of amides is 3. The number of carbonyl (C=O) groups excluding carboxylic acids is 3. The summed E-state index contributed by atoms with van der Waals surface area (Å²) in [7, 11) is 1.77. The van der Waals surface area contributed by atoms with E-state index in [1.807, 2.05) is 25.1 Å². The number of nitrogens with one attached hydrogen (secondary N) is 4. The number of carbonyl (C=O) groups is 3. The standard InChI is InChI=1S/C37H43N7O4/c1-3-38-34(46)30(22-8-6-9-22)43-35(47)37(16-18-48-21-37)24-11-12-26-27(19-24)41-32(40-26)31(42-33(45)28-13-17-39-44(28)2)29-25-10-5-4-7-23(25)20-36(29)14-15-36/h4-5,7,10-13,17,19,22,29-31H,3,6,8-9,14-16,18,20-21H2,1-2H3,(H,38,46)(H,40,41)(H,42,45)(H,43,47)/t29-,30-,31+,37?/m1/s1. The molecule has 4 aromatic rings. The van der Waals surface area contributed by atoms with E-state index in [0.29, 0.717) is 31.1 Å². The van der Waals surface area contributed by atoms with Crippen molar-refractivity contribution in [3.63, 3.8) is 0 Å². The summed E-state index contributed by atoms with van der Waals surface area (Å²) in [5, 5.41) is 13.6. The van der Waals surface area contributed by atoms with Crippen molar-refractivity contribution < 1.29 is 19.1 Å². The molecule has 3 aliphatic carbocycles. The first-order valence-corrected chi connectivity index (χ1v) is 17.4. The number of imidazole rings is 1. The molecule has 3 heterocycles. The van der Waals surface area contributed by atoms with Crippen LogP contribution in [-0.2, 0) is 33.2 Å². The van der Waals surface area contributed by atoms with Crippen LogP contribution in [0.4, 0.5) is 0 Å². The summed E-state index contributed by atoms with van der Waals surface area (Å²) in [5.74, 6) is 0.387. The lowest BCUT2D eigenvalue weighted by atomic mass is 9.76. The molecule has 48 heavy (non-hydrogen) atoms. The van der Waals surface area contributed by atoms with Crippen LogP contribution in [0.1, 0.15) is 90.4 Å². The van der Waals surface area contributed by atoms with Gasteiger partial charge in [0.1, 0.15) is 17.6 Å². The van der Waals surface area contributed by atoms with E-state index in [-0.39, 0.29) is 41.6 Å². The van der Waals surface area contributed by atoms with Crippen LogP contribution in [0.5, 0.6) is 0 Å². The van der Waals surface area contributed by atoms with Crippen molar-refractivity contribution in [2.24, 2.45) is 18.4 Å². The normalized spacial score (nSPS) is 23.8. The molecule has 3 amide bonds. The Morgan fingerprint density at radius 2 is 1.92 bits per heavy atom. The van der Waals surface area contributed by atoms with Crippen LogP contribution in [0.25, 0.3) is 11.0 Å². The first-order valence-electron chi connectivity index (χ1n) is 17.4. The monoisotopic (exact) mass is 649 g/mol. The third-order valence-electron chi connectivity index (χ3n) is 11.5. The molecule has 4 N–H and O–H groups in total. The molecule has 3 fully saturated rings. The highest BCUT2D eigenvalue weighted by Gasteiger charge is 2.58. The largest absolute Gasteiger partial charge is 0.380 e. The number of fused-ring (bicyclic) bond motifs is 2. The van der Waals surface area contributed by atoms with E-state index in [9.17, 15) is 14.4 Å². The number of nitrogens with zero attached hydrogens (tertiary/aromatic N) is 3. The number of likely N-dealkylation sites (N-methyl/N-ethyl adjacent to an activating group) is 1. The van der Waals surface area contributed by atoms with Crippen molar-refractivity contribution in [3.05, 3.63) is 82.9 Å². The number of ether oxygens (including phenoxy) is 1. The average Bonchev–Trinajstić information content (AvgIpc) is 3.48. The van der Waals surface area contributed by atoms with E-state index < -0.39 is 17.5 Å². The maximum atomic E-state index is 14.2. The van der Waals surface area contributed by atoms with Gasteiger partial charge in [0.25, 0.3) is 5.91 Å². The molecule has 11 heteroatoms. The fraction of sp³-hybridized carbons (Fsp3) is 0.486. The van der Waals surface area contributed by atoms with Gasteiger partial charge >= 0.3 is 0 Å². The molecular weight excluding hydrogens is 606 g/mol. The molecule has 1 unspecified atom stereocenters. The molecule has 250 valence electrons. The average molecular weight is 650 g/mol. The van der Waals surface area contributed by atoms with Gasteiger partial charge in [-0.15, -0.1) is 0 Å². The van der Waals surface area contributed by atoms with Gasteiger partial charge in [-0.3, -0.25) is 19.1 Å². The lowest BCUT2D eigenvalue weighted by Crippen LogP contribution is -2.57. The fourth-order valence-corrected chi connectivity index (χ4v) is 8.43. The van der Waals surface area contributed by atoms with E-state index in [4.69, 9.17) is 9.72 Å². The van der Waals surface area contributed by atoms with E-state index in [1.165, 1.54) is 11.1 Å². The highest BCUT2D eigenvalue weighted by atomic mass is 16.5. The number of aromatic amines is 1. The Kier molecular flexibility index (Phi) is 7.62. The summed E-state index contributed by atoms with van der Waals surface area (Å²) in [6.45, 7) is 3.10. The number of hydrogen-bond donors (Lipinski definition) is 4. The fourth-order valence-electron chi connectivity index (χ4n) is 8.43. The summed E-state index contributed by atoms with van der Waals surface area (Å²) in [5.41, 5.74) is 4.61. The van der Waals surface area contributed by atoms with Crippen LogP contribution in [0.2, 0.25) is 0 Å². The zero-order chi connectivity index (χ0) is 33.0. The molecule has 2 aromatic heterocycles. The Hall–Kier alpha value is -4.51. The van der Waals surface area contributed by atoms with Crippen molar-refractivity contribution in [2.45, 2.75) is 75.3 Å². The van der Waals surface area contributed by atoms with Gasteiger partial charge in [-0.25, -0.2) is 4.98 Å². The minimum Gasteiger partial charge on any atom is -0.380 e. The van der Waals surface area contributed by atoms with Crippen molar-refractivity contribution in [2.75, 3.05) is 19.8 Å². The molecule has 0 radical (unpaired) electrons. The van der Waals surface area contributed by atoms with Gasteiger partial charge in [-0.2, -0.15) is 5.10 Å². The van der Waals surface area contributed by atoms with Gasteiger partial charge in [0.15, 0.2) is 0 Å². The number of aryl methyl sites for hydroxylation is 1. The Balaban J connectivity index is 1.15. The molecule has 1 spiro atoms. The lowest BCUT2D eigenvalue weighted by molar-refractivity contribution is -0.134. The van der Waals surface area contributed by atoms with Gasteiger partial charge in [0, 0.05) is 32.3 Å². The van der Waals surface area contributed by atoms with Crippen LogP contribution in [-0.4, -0.2) is 63.3 Å². The zero-order valence-corrected chi connectivity index (χ0v) is 27.6. The van der Waals surface area contributed by atoms with Crippen molar-refractivity contribution in [1.29, 1.82) is 0 Å². The molecule has 0 bridgehead atoms. The highest BCUT2D eigenvalue weighted by molar-refractivity contribution is 5.95. The van der Waals surface area contributed by atoms with E-state index in [0.717, 1.165) is 55.1 Å². The Morgan fingerprint density at radius 3 is 2.60 bits per heavy atom. The van der Waals surface area contributed by atoms with Crippen molar-refractivity contribution in [1.82, 2.24) is 35.7 Å². The molecule has 2 aromatic carbocycles. The van der Waals surface area contributed by atoms with Gasteiger partial charge in [-0.1, -0.05) is 36.8 Å². The van der Waals surface area contributed by atoms with Crippen LogP contribution >= 0.6 is 0 Å². The summed E-state index contributed by atoms with van der Waals surface area (Å²) >= 11 is 0. The zero-order valence-electron chi connectivity index (χ0n) is 27.6. The second-order valence-electron chi connectivity index (χ2n) is 14.3. The minimum atomic E-state index is -0.927. The second kappa shape index (κ2) is 11.9. The highest BCUT2D eigenvalue weighted by Crippen LogP contribution is 2.66. The molecule has 11 nitrogen and oxygen atoms in total. The number of rotatable bonds is 10.